The molecule has 2 unspecified atom stereocenters. The van der Waals surface area contributed by atoms with Crippen molar-refractivity contribution >= 4 is 22.9 Å². The largest absolute Gasteiger partial charge is 0.377 e. The highest BCUT2D eigenvalue weighted by molar-refractivity contribution is 7.16. The molecule has 2 atom stereocenters. The molecule has 1 fully saturated rings. The van der Waals surface area contributed by atoms with Gasteiger partial charge >= 0.3 is 0 Å². The lowest BCUT2D eigenvalue weighted by Crippen LogP contribution is -2.49. The summed E-state index contributed by atoms with van der Waals surface area (Å²) in [5.74, 6) is 0. The lowest BCUT2D eigenvalue weighted by molar-refractivity contribution is -0.0605. The van der Waals surface area contributed by atoms with Gasteiger partial charge in [0.15, 0.2) is 0 Å². The minimum absolute atomic E-state index is 0.0489. The maximum absolute atomic E-state index is 6.02. The molecular formula is C13H21ClN2OS. The molecular weight excluding hydrogens is 268 g/mol. The number of methoxy groups -OCH3 is 1. The second-order valence-electron chi connectivity index (χ2n) is 5.12. The third-order valence-electron chi connectivity index (χ3n) is 3.77. The molecule has 0 radical (unpaired) electrons. The van der Waals surface area contributed by atoms with Gasteiger partial charge in [0.05, 0.1) is 16.0 Å². The molecule has 1 aromatic heterocycles. The van der Waals surface area contributed by atoms with Gasteiger partial charge < -0.3 is 10.5 Å². The Labute approximate surface area is 118 Å². The van der Waals surface area contributed by atoms with Crippen LogP contribution in [-0.2, 0) is 4.74 Å². The van der Waals surface area contributed by atoms with Gasteiger partial charge in [0.25, 0.3) is 0 Å². The van der Waals surface area contributed by atoms with Crippen LogP contribution in [0.15, 0.2) is 12.1 Å². The summed E-state index contributed by atoms with van der Waals surface area (Å²) in [5, 5.41) is 0. The number of hydrogen-bond donors (Lipinski definition) is 1. The lowest BCUT2D eigenvalue weighted by atomic mass is 9.93. The van der Waals surface area contributed by atoms with Crippen LogP contribution in [0, 0.1) is 0 Å². The van der Waals surface area contributed by atoms with Crippen molar-refractivity contribution in [2.45, 2.75) is 31.4 Å². The highest BCUT2D eigenvalue weighted by Crippen LogP contribution is 2.34. The third kappa shape index (κ3) is 3.06. The smallest absolute Gasteiger partial charge is 0.0931 e. The van der Waals surface area contributed by atoms with Crippen LogP contribution in [0.5, 0.6) is 0 Å². The summed E-state index contributed by atoms with van der Waals surface area (Å²) in [6.45, 7) is 4.81. The Bertz CT molecular complexity index is 398. The Hall–Kier alpha value is -0.130. The predicted molar refractivity (Wildman–Crippen MR) is 77.3 cm³/mol. The van der Waals surface area contributed by atoms with E-state index in [4.69, 9.17) is 22.1 Å². The van der Waals surface area contributed by atoms with Crippen LogP contribution in [-0.4, -0.2) is 37.2 Å². The van der Waals surface area contributed by atoms with Gasteiger partial charge in [-0.1, -0.05) is 11.6 Å². The number of nitrogens with two attached hydrogens (primary N) is 1. The Morgan fingerprint density at radius 3 is 2.94 bits per heavy atom. The van der Waals surface area contributed by atoms with Gasteiger partial charge in [0.1, 0.15) is 0 Å². The molecule has 1 aliphatic heterocycles. The summed E-state index contributed by atoms with van der Waals surface area (Å²) < 4.78 is 6.47. The maximum Gasteiger partial charge on any atom is 0.0931 e. The molecule has 1 aliphatic rings. The van der Waals surface area contributed by atoms with E-state index in [2.05, 4.69) is 17.9 Å². The van der Waals surface area contributed by atoms with Gasteiger partial charge in [-0.05, 0) is 38.4 Å². The van der Waals surface area contributed by atoms with Gasteiger partial charge in [-0.25, -0.2) is 0 Å². The summed E-state index contributed by atoms with van der Waals surface area (Å²) in [7, 11) is 1.79. The zero-order valence-electron chi connectivity index (χ0n) is 11.0. The fourth-order valence-electron chi connectivity index (χ4n) is 2.63. The number of hydrogen-bond acceptors (Lipinski definition) is 4. The number of piperidine rings is 1. The number of halogens is 1. The average molecular weight is 289 g/mol. The summed E-state index contributed by atoms with van der Waals surface area (Å²) >= 11 is 7.64. The zero-order valence-corrected chi connectivity index (χ0v) is 12.6. The summed E-state index contributed by atoms with van der Waals surface area (Å²) in [4.78, 5) is 3.68. The number of likely N-dealkylation sites (tertiary alicyclic amines) is 1. The SMILES string of the molecule is COC1(C)CCCN(C(CN)c2ccc(Cl)s2)C1. The van der Waals surface area contributed by atoms with Gasteiger partial charge in [-0.2, -0.15) is 0 Å². The minimum Gasteiger partial charge on any atom is -0.377 e. The highest BCUT2D eigenvalue weighted by atomic mass is 35.5. The van der Waals surface area contributed by atoms with Crippen molar-refractivity contribution in [2.24, 2.45) is 5.73 Å². The van der Waals surface area contributed by atoms with Crippen molar-refractivity contribution < 1.29 is 4.74 Å². The van der Waals surface area contributed by atoms with E-state index in [-0.39, 0.29) is 11.6 Å². The predicted octanol–water partition coefficient (Wildman–Crippen LogP) is 2.90. The fraction of sp³-hybridized carbons (Fsp3) is 0.692. The average Bonchev–Trinajstić information content (AvgIpc) is 2.77. The summed E-state index contributed by atoms with van der Waals surface area (Å²) in [6, 6.07) is 4.30. The molecule has 1 aromatic rings. The molecule has 2 heterocycles. The maximum atomic E-state index is 6.02. The van der Waals surface area contributed by atoms with E-state index in [0.29, 0.717) is 6.54 Å². The van der Waals surface area contributed by atoms with Crippen LogP contribution in [0.3, 0.4) is 0 Å². The molecule has 2 rings (SSSR count). The molecule has 0 bridgehead atoms. The lowest BCUT2D eigenvalue weighted by Gasteiger charge is -2.42. The monoisotopic (exact) mass is 288 g/mol. The van der Waals surface area contributed by atoms with E-state index in [1.165, 1.54) is 4.88 Å². The molecule has 3 nitrogen and oxygen atoms in total. The number of ether oxygens (including phenoxy) is 1. The highest BCUT2D eigenvalue weighted by Gasteiger charge is 2.34. The first-order chi connectivity index (χ1) is 8.58. The molecule has 102 valence electrons. The summed E-state index contributed by atoms with van der Waals surface area (Å²) in [5.41, 5.74) is 5.91. The van der Waals surface area contributed by atoms with Crippen molar-refractivity contribution in [2.75, 3.05) is 26.7 Å². The Morgan fingerprint density at radius 1 is 1.61 bits per heavy atom. The van der Waals surface area contributed by atoms with Gasteiger partial charge in [0, 0.05) is 25.1 Å². The minimum atomic E-state index is -0.0489. The van der Waals surface area contributed by atoms with Crippen molar-refractivity contribution in [3.05, 3.63) is 21.3 Å². The van der Waals surface area contributed by atoms with Crippen LogP contribution >= 0.6 is 22.9 Å². The van der Waals surface area contributed by atoms with Crippen LogP contribution in [0.25, 0.3) is 0 Å². The van der Waals surface area contributed by atoms with E-state index in [9.17, 15) is 0 Å². The zero-order chi connectivity index (χ0) is 13.2. The van der Waals surface area contributed by atoms with E-state index in [1.54, 1.807) is 18.4 Å². The van der Waals surface area contributed by atoms with Crippen molar-refractivity contribution in [3.63, 3.8) is 0 Å². The fourth-order valence-corrected chi connectivity index (χ4v) is 3.84. The molecule has 0 aliphatic carbocycles. The van der Waals surface area contributed by atoms with Gasteiger partial charge in [-0.3, -0.25) is 4.90 Å². The topological polar surface area (TPSA) is 38.5 Å². The quantitative estimate of drug-likeness (QED) is 0.926. The van der Waals surface area contributed by atoms with Crippen molar-refractivity contribution in [1.82, 2.24) is 4.90 Å². The summed E-state index contributed by atoms with van der Waals surface area (Å²) in [6.07, 6.45) is 2.27. The van der Waals surface area contributed by atoms with Crippen LogP contribution < -0.4 is 5.73 Å². The first kappa shape index (κ1) is 14.3. The van der Waals surface area contributed by atoms with Gasteiger partial charge in [-0.15, -0.1) is 11.3 Å². The number of nitrogens with zero attached hydrogens (tertiary/aromatic N) is 1. The second kappa shape index (κ2) is 5.88. The molecule has 0 spiro atoms. The first-order valence-electron chi connectivity index (χ1n) is 6.32. The van der Waals surface area contributed by atoms with Crippen LogP contribution in [0.4, 0.5) is 0 Å². The van der Waals surface area contributed by atoms with Crippen LogP contribution in [0.2, 0.25) is 4.34 Å². The molecule has 5 heteroatoms. The van der Waals surface area contributed by atoms with E-state index >= 15 is 0 Å². The van der Waals surface area contributed by atoms with E-state index < -0.39 is 0 Å². The molecule has 18 heavy (non-hydrogen) atoms. The number of rotatable bonds is 4. The molecule has 2 N–H and O–H groups in total. The van der Waals surface area contributed by atoms with E-state index in [1.807, 2.05) is 6.07 Å². The van der Waals surface area contributed by atoms with Crippen molar-refractivity contribution in [1.29, 1.82) is 0 Å². The molecule has 0 saturated carbocycles. The molecule has 1 saturated heterocycles. The Kier molecular flexibility index (Phi) is 4.67. The van der Waals surface area contributed by atoms with Gasteiger partial charge in [0.2, 0.25) is 0 Å². The number of thiophene rings is 1. The second-order valence-corrected chi connectivity index (χ2v) is 6.87. The normalized spacial score (nSPS) is 27.3. The molecule has 0 aromatic carbocycles. The Morgan fingerprint density at radius 2 is 2.39 bits per heavy atom. The third-order valence-corrected chi connectivity index (χ3v) is 5.10. The van der Waals surface area contributed by atoms with E-state index in [0.717, 1.165) is 30.3 Å². The first-order valence-corrected chi connectivity index (χ1v) is 7.52. The standard InChI is InChI=1S/C13H21ClN2OS/c1-13(17-2)6-3-7-16(9-13)10(8-15)11-4-5-12(14)18-11/h4-5,10H,3,6-9,15H2,1-2H3. The molecule has 0 amide bonds. The van der Waals surface area contributed by atoms with Crippen molar-refractivity contribution in [3.8, 4) is 0 Å². The van der Waals surface area contributed by atoms with Crippen LogP contribution in [0.1, 0.15) is 30.7 Å². The Balaban J connectivity index is 2.13.